The Labute approximate surface area is 294 Å². The van der Waals surface area contributed by atoms with Crippen molar-refractivity contribution in [2.75, 3.05) is 0 Å². The summed E-state index contributed by atoms with van der Waals surface area (Å²) in [5, 5.41) is 1.21. The number of aryl methyl sites for hydroxylation is 1. The molecule has 1 aliphatic carbocycles. The highest BCUT2D eigenvalue weighted by Gasteiger charge is 2.46. The lowest BCUT2D eigenvalue weighted by atomic mass is 9.67. The van der Waals surface area contributed by atoms with Gasteiger partial charge in [0.1, 0.15) is 0 Å². The van der Waals surface area contributed by atoms with Crippen molar-refractivity contribution in [2.45, 2.75) is 33.1 Å². The van der Waals surface area contributed by atoms with E-state index in [0.29, 0.717) is 0 Å². The molecule has 240 valence electrons. The van der Waals surface area contributed by atoms with E-state index in [1.165, 1.54) is 53.9 Å². The van der Waals surface area contributed by atoms with Gasteiger partial charge >= 0.3 is 0 Å². The number of allylic oxidation sites excluding steroid dienone is 7. The summed E-state index contributed by atoms with van der Waals surface area (Å²) < 4.78 is 1.27. The standard InChI is InChI=1S/C46H40N2S/c1-5-15-36(30-47)35-25-27-40-39-26-24-34(33(6-2)23-22-31(3)48-45-32(4)49-44-21-14-13-20-41(44)45)28-42(39)46(43(40)29-35,37-16-9-7-10-17-37)38-18-11-8-12-19-38/h5-30H,47H2,1-4H3/b15-5-,23-22-,33-6+,36-30+,48-31?. The van der Waals surface area contributed by atoms with Crippen LogP contribution in [0.4, 0.5) is 5.69 Å². The minimum absolute atomic E-state index is 0.522. The molecule has 0 atom stereocenters. The third-order valence-electron chi connectivity index (χ3n) is 9.59. The fourth-order valence-corrected chi connectivity index (χ4v) is 8.36. The summed E-state index contributed by atoms with van der Waals surface area (Å²) in [5.74, 6) is 0. The smallest absolute Gasteiger partial charge is 0.0847 e. The second-order valence-corrected chi connectivity index (χ2v) is 13.7. The van der Waals surface area contributed by atoms with Crippen molar-refractivity contribution in [3.05, 3.63) is 196 Å². The molecule has 0 unspecified atom stereocenters. The number of fused-ring (bicyclic) bond motifs is 4. The van der Waals surface area contributed by atoms with Crippen LogP contribution >= 0.6 is 11.3 Å². The van der Waals surface area contributed by atoms with E-state index in [1.54, 1.807) is 17.5 Å². The molecule has 0 spiro atoms. The van der Waals surface area contributed by atoms with Crippen LogP contribution in [0.2, 0.25) is 0 Å². The SMILES string of the molecule is C/C=C\C(=C/N)c1ccc2c(c1)C(c1ccccc1)(c1ccccc1)c1cc(C(/C=C\C(C)=Nc3c(C)sc4ccccc34)=C/C)ccc1-2. The topological polar surface area (TPSA) is 38.4 Å². The van der Waals surface area contributed by atoms with E-state index in [9.17, 15) is 0 Å². The lowest BCUT2D eigenvalue weighted by Crippen LogP contribution is -2.28. The third-order valence-corrected chi connectivity index (χ3v) is 10.7. The number of thiophene rings is 1. The fraction of sp³-hybridized carbons (Fsp3) is 0.109. The summed E-state index contributed by atoms with van der Waals surface area (Å²) in [7, 11) is 0. The van der Waals surface area contributed by atoms with Crippen molar-refractivity contribution in [1.29, 1.82) is 0 Å². The summed E-state index contributed by atoms with van der Waals surface area (Å²) in [6.45, 7) is 8.38. The van der Waals surface area contributed by atoms with Gasteiger partial charge in [0.25, 0.3) is 0 Å². The molecule has 1 aromatic heterocycles. The average Bonchev–Trinajstić information content (AvgIpc) is 3.62. The van der Waals surface area contributed by atoms with Gasteiger partial charge in [-0.05, 0) is 108 Å². The van der Waals surface area contributed by atoms with Gasteiger partial charge < -0.3 is 5.73 Å². The maximum atomic E-state index is 6.16. The highest BCUT2D eigenvalue weighted by molar-refractivity contribution is 7.19. The molecule has 2 nitrogen and oxygen atoms in total. The molecule has 6 aromatic rings. The summed E-state index contributed by atoms with van der Waals surface area (Å²) >= 11 is 1.80. The third kappa shape index (κ3) is 5.60. The molecule has 0 aliphatic heterocycles. The molecule has 0 amide bonds. The normalized spacial score (nSPS) is 14.6. The molecule has 0 fully saturated rings. The molecule has 0 saturated carbocycles. The zero-order chi connectivity index (χ0) is 34.0. The highest BCUT2D eigenvalue weighted by Crippen LogP contribution is 2.57. The number of rotatable bonds is 8. The lowest BCUT2D eigenvalue weighted by Gasteiger charge is -2.34. The molecule has 7 rings (SSSR count). The van der Waals surface area contributed by atoms with Crippen LogP contribution in [0.1, 0.15) is 59.0 Å². The Hall–Kier alpha value is -5.51. The molecular formula is C46H40N2S. The van der Waals surface area contributed by atoms with Crippen LogP contribution in [-0.4, -0.2) is 5.71 Å². The second kappa shape index (κ2) is 13.5. The number of nitrogens with two attached hydrogens (primary N) is 1. The van der Waals surface area contributed by atoms with Crippen LogP contribution in [0.3, 0.4) is 0 Å². The average molecular weight is 653 g/mol. The van der Waals surface area contributed by atoms with E-state index in [4.69, 9.17) is 10.7 Å². The van der Waals surface area contributed by atoms with Gasteiger partial charge in [-0.3, -0.25) is 4.99 Å². The summed E-state index contributed by atoms with van der Waals surface area (Å²) in [6.07, 6.45) is 12.3. The van der Waals surface area contributed by atoms with Crippen LogP contribution in [0.25, 0.3) is 32.4 Å². The number of aliphatic imine (C=N–C) groups is 1. The predicted octanol–water partition coefficient (Wildman–Crippen LogP) is 12.2. The molecule has 49 heavy (non-hydrogen) atoms. The molecule has 0 saturated heterocycles. The first-order valence-corrected chi connectivity index (χ1v) is 17.6. The van der Waals surface area contributed by atoms with Crippen molar-refractivity contribution in [3.8, 4) is 11.1 Å². The van der Waals surface area contributed by atoms with E-state index >= 15 is 0 Å². The summed E-state index contributed by atoms with van der Waals surface area (Å²) in [4.78, 5) is 6.31. The summed E-state index contributed by atoms with van der Waals surface area (Å²) in [6, 6.07) is 44.2. The van der Waals surface area contributed by atoms with Gasteiger partial charge in [0, 0.05) is 26.9 Å². The van der Waals surface area contributed by atoms with Gasteiger partial charge in [0.15, 0.2) is 0 Å². The molecule has 5 aromatic carbocycles. The Balaban J connectivity index is 1.39. The van der Waals surface area contributed by atoms with Crippen molar-refractivity contribution in [3.63, 3.8) is 0 Å². The molecule has 1 heterocycles. The van der Waals surface area contributed by atoms with Crippen LogP contribution < -0.4 is 5.73 Å². The zero-order valence-corrected chi connectivity index (χ0v) is 29.3. The molecule has 0 radical (unpaired) electrons. The Morgan fingerprint density at radius 1 is 0.673 bits per heavy atom. The van der Waals surface area contributed by atoms with Gasteiger partial charge in [-0.1, -0.05) is 127 Å². The molecule has 0 bridgehead atoms. The molecule has 1 aliphatic rings. The molecule has 2 N–H and O–H groups in total. The van der Waals surface area contributed by atoms with Crippen molar-refractivity contribution in [2.24, 2.45) is 10.7 Å². The van der Waals surface area contributed by atoms with Crippen molar-refractivity contribution in [1.82, 2.24) is 0 Å². The quantitative estimate of drug-likeness (QED) is 0.129. The van der Waals surface area contributed by atoms with Crippen LogP contribution in [0, 0.1) is 6.92 Å². The van der Waals surface area contributed by atoms with Crippen LogP contribution in [0.5, 0.6) is 0 Å². The number of nitrogens with zero attached hydrogens (tertiary/aromatic N) is 1. The van der Waals surface area contributed by atoms with E-state index in [-0.39, 0.29) is 0 Å². The van der Waals surface area contributed by atoms with E-state index < -0.39 is 5.41 Å². The van der Waals surface area contributed by atoms with Gasteiger partial charge in [0.2, 0.25) is 0 Å². The van der Waals surface area contributed by atoms with Gasteiger partial charge in [-0.2, -0.15) is 0 Å². The van der Waals surface area contributed by atoms with Gasteiger partial charge in [-0.15, -0.1) is 11.3 Å². The summed E-state index contributed by atoms with van der Waals surface area (Å²) in [5.41, 5.74) is 19.6. The Morgan fingerprint density at radius 2 is 1.24 bits per heavy atom. The lowest BCUT2D eigenvalue weighted by molar-refractivity contribution is 0.768. The Kier molecular flexibility index (Phi) is 8.86. The number of hydrogen-bond acceptors (Lipinski definition) is 3. The van der Waals surface area contributed by atoms with Gasteiger partial charge in [0.05, 0.1) is 11.1 Å². The minimum atomic E-state index is -0.522. The fourth-order valence-electron chi connectivity index (χ4n) is 7.35. The first kappa shape index (κ1) is 32.1. The molecular weight excluding hydrogens is 613 g/mol. The Bertz CT molecular complexity index is 2270. The maximum absolute atomic E-state index is 6.16. The highest BCUT2D eigenvalue weighted by atomic mass is 32.1. The minimum Gasteiger partial charge on any atom is -0.404 e. The first-order valence-electron chi connectivity index (χ1n) is 16.8. The predicted molar refractivity (Wildman–Crippen MR) is 213 cm³/mol. The van der Waals surface area contributed by atoms with Crippen molar-refractivity contribution >= 4 is 44.0 Å². The van der Waals surface area contributed by atoms with E-state index in [2.05, 4.69) is 166 Å². The van der Waals surface area contributed by atoms with Crippen LogP contribution in [-0.2, 0) is 5.41 Å². The zero-order valence-electron chi connectivity index (χ0n) is 28.4. The maximum Gasteiger partial charge on any atom is 0.0847 e. The first-order chi connectivity index (χ1) is 24.0. The Morgan fingerprint density at radius 3 is 1.82 bits per heavy atom. The second-order valence-electron chi connectivity index (χ2n) is 12.5. The number of benzene rings is 5. The van der Waals surface area contributed by atoms with Crippen molar-refractivity contribution < 1.29 is 0 Å². The van der Waals surface area contributed by atoms with E-state index in [0.717, 1.165) is 28.1 Å². The van der Waals surface area contributed by atoms with Crippen LogP contribution in [0.15, 0.2) is 163 Å². The number of hydrogen-bond donors (Lipinski definition) is 1. The monoisotopic (exact) mass is 652 g/mol. The van der Waals surface area contributed by atoms with E-state index in [1.807, 2.05) is 13.0 Å². The largest absolute Gasteiger partial charge is 0.404 e. The van der Waals surface area contributed by atoms with Gasteiger partial charge in [-0.25, -0.2) is 0 Å². The molecule has 3 heteroatoms.